The molecule has 2 saturated carbocycles. The maximum Gasteiger partial charge on any atom is 0.673 e. The van der Waals surface area contributed by atoms with E-state index in [0.717, 1.165) is 17.1 Å². The van der Waals surface area contributed by atoms with E-state index in [1.807, 2.05) is 6.07 Å². The molecule has 0 unspecified atom stereocenters. The van der Waals surface area contributed by atoms with Crippen molar-refractivity contribution in [1.82, 2.24) is 0 Å². The monoisotopic (exact) mass is 382 g/mol. The highest BCUT2D eigenvalue weighted by Gasteiger charge is 2.42. The molecular formula is C17H25BF5OP. The van der Waals surface area contributed by atoms with Gasteiger partial charge in [-0.15, -0.1) is 0 Å². The van der Waals surface area contributed by atoms with Crippen LogP contribution in [-0.4, -0.2) is 25.7 Å². The van der Waals surface area contributed by atoms with E-state index < -0.39 is 15.2 Å². The Kier molecular flexibility index (Phi) is 7.54. The van der Waals surface area contributed by atoms with Gasteiger partial charge in [-0.25, -0.2) is 4.39 Å². The third kappa shape index (κ3) is 6.43. The summed E-state index contributed by atoms with van der Waals surface area (Å²) in [7, 11) is -4.95. The van der Waals surface area contributed by atoms with Gasteiger partial charge in [-0.2, -0.15) is 0 Å². The SMILES string of the molecule is COc1cc(F)ccc1[PH+](C1CCCC1)C1CCCC1.F[B-](F)(F)F. The van der Waals surface area contributed by atoms with Crippen molar-refractivity contribution in [2.45, 2.75) is 62.7 Å². The second-order valence-corrected chi connectivity index (χ2v) is 9.84. The predicted molar refractivity (Wildman–Crippen MR) is 95.6 cm³/mol. The summed E-state index contributed by atoms with van der Waals surface area (Å²) < 4.78 is 58.0. The first-order valence-corrected chi connectivity index (χ1v) is 10.5. The molecule has 0 radical (unpaired) electrons. The molecule has 1 aromatic carbocycles. The molecule has 0 heterocycles. The molecule has 1 nitrogen and oxygen atoms in total. The average Bonchev–Trinajstić information content (AvgIpc) is 3.21. The van der Waals surface area contributed by atoms with Gasteiger partial charge < -0.3 is 22.0 Å². The molecule has 25 heavy (non-hydrogen) atoms. The number of halogens is 5. The Morgan fingerprint density at radius 1 is 0.920 bits per heavy atom. The highest BCUT2D eigenvalue weighted by atomic mass is 31.1. The van der Waals surface area contributed by atoms with Crippen molar-refractivity contribution >= 4 is 20.5 Å². The first kappa shape index (κ1) is 20.5. The molecule has 0 spiro atoms. The third-order valence-corrected chi connectivity index (χ3v) is 9.01. The second-order valence-electron chi connectivity index (χ2n) is 6.76. The molecule has 1 aromatic rings. The minimum absolute atomic E-state index is 0.176. The number of hydrogen-bond acceptors (Lipinski definition) is 1. The van der Waals surface area contributed by atoms with E-state index in [-0.39, 0.29) is 5.82 Å². The zero-order valence-corrected chi connectivity index (χ0v) is 15.4. The molecule has 0 N–H and O–H groups in total. The Hall–Kier alpha value is -0.835. The largest absolute Gasteiger partial charge is 0.673 e. The lowest BCUT2D eigenvalue weighted by atomic mass is 10.3. The van der Waals surface area contributed by atoms with Gasteiger partial charge in [0.25, 0.3) is 0 Å². The maximum absolute atomic E-state index is 13.5. The highest BCUT2D eigenvalue weighted by Crippen LogP contribution is 2.57. The molecule has 2 aliphatic rings. The molecule has 0 aromatic heterocycles. The topological polar surface area (TPSA) is 9.23 Å². The van der Waals surface area contributed by atoms with E-state index in [9.17, 15) is 21.7 Å². The van der Waals surface area contributed by atoms with E-state index in [1.54, 1.807) is 19.2 Å². The van der Waals surface area contributed by atoms with E-state index in [0.29, 0.717) is 0 Å². The standard InChI is InChI=1S/C17H24FOP.BF4/c1-19-16-12-13(18)10-11-17(16)20(14-6-2-3-7-14)15-8-4-5-9-15;2-1(3,4)5/h10-12,14-15H,2-9H2,1H3;/q;-1/p+1. The molecule has 142 valence electrons. The fourth-order valence-corrected chi connectivity index (χ4v) is 8.49. The lowest BCUT2D eigenvalue weighted by Crippen LogP contribution is -2.20. The Labute approximate surface area is 147 Å². The van der Waals surface area contributed by atoms with Crippen molar-refractivity contribution in [3.63, 3.8) is 0 Å². The lowest BCUT2D eigenvalue weighted by Gasteiger charge is -2.23. The smallest absolute Gasteiger partial charge is 0.493 e. The van der Waals surface area contributed by atoms with Gasteiger partial charge >= 0.3 is 7.25 Å². The minimum Gasteiger partial charge on any atom is -0.493 e. The van der Waals surface area contributed by atoms with Crippen molar-refractivity contribution in [1.29, 1.82) is 0 Å². The van der Waals surface area contributed by atoms with Crippen molar-refractivity contribution in [3.05, 3.63) is 24.0 Å². The number of ether oxygens (including phenoxy) is 1. The van der Waals surface area contributed by atoms with Gasteiger partial charge in [0, 0.05) is 14.0 Å². The Morgan fingerprint density at radius 2 is 1.36 bits per heavy atom. The van der Waals surface area contributed by atoms with Crippen molar-refractivity contribution in [2.24, 2.45) is 0 Å². The van der Waals surface area contributed by atoms with Gasteiger partial charge in [-0.1, -0.05) is 0 Å². The van der Waals surface area contributed by atoms with Crippen LogP contribution in [0.25, 0.3) is 0 Å². The van der Waals surface area contributed by atoms with Crippen LogP contribution in [0, 0.1) is 5.82 Å². The number of hydrogen-bond donors (Lipinski definition) is 0. The van der Waals surface area contributed by atoms with Crippen LogP contribution in [0.5, 0.6) is 5.75 Å². The molecule has 2 aliphatic carbocycles. The lowest BCUT2D eigenvalue weighted by molar-refractivity contribution is 0.368. The fraction of sp³-hybridized carbons (Fsp3) is 0.647. The summed E-state index contributed by atoms with van der Waals surface area (Å²) in [5, 5.41) is 1.36. The predicted octanol–water partition coefficient (Wildman–Crippen LogP) is 5.86. The molecule has 3 rings (SSSR count). The summed E-state index contributed by atoms with van der Waals surface area (Å²) in [6.07, 6.45) is 11.1. The fourth-order valence-electron chi connectivity index (χ4n) is 4.15. The van der Waals surface area contributed by atoms with Crippen LogP contribution in [0.2, 0.25) is 0 Å². The van der Waals surface area contributed by atoms with E-state index in [1.165, 1.54) is 56.7 Å². The van der Waals surface area contributed by atoms with Crippen LogP contribution < -0.4 is 10.0 Å². The third-order valence-electron chi connectivity index (χ3n) is 5.06. The van der Waals surface area contributed by atoms with Gasteiger partial charge in [0.05, 0.1) is 18.4 Å². The van der Waals surface area contributed by atoms with Gasteiger partial charge in [-0.05, 0) is 63.5 Å². The summed E-state index contributed by atoms with van der Waals surface area (Å²) in [5.41, 5.74) is 1.75. The molecule has 0 atom stereocenters. The van der Waals surface area contributed by atoms with Crippen LogP contribution in [0.15, 0.2) is 18.2 Å². The maximum atomic E-state index is 13.5. The highest BCUT2D eigenvalue weighted by molar-refractivity contribution is 7.67. The van der Waals surface area contributed by atoms with Crippen LogP contribution >= 0.6 is 7.92 Å². The zero-order valence-electron chi connectivity index (χ0n) is 14.4. The second kappa shape index (κ2) is 9.20. The van der Waals surface area contributed by atoms with Crippen molar-refractivity contribution < 1.29 is 26.4 Å². The van der Waals surface area contributed by atoms with Gasteiger partial charge in [-0.3, -0.25) is 0 Å². The Bertz CT molecular complexity index is 520. The van der Waals surface area contributed by atoms with E-state index in [2.05, 4.69) is 0 Å². The number of benzene rings is 1. The van der Waals surface area contributed by atoms with Crippen molar-refractivity contribution in [3.8, 4) is 5.75 Å². The molecule has 0 saturated heterocycles. The van der Waals surface area contributed by atoms with Crippen LogP contribution in [-0.2, 0) is 0 Å². The van der Waals surface area contributed by atoms with E-state index >= 15 is 0 Å². The number of rotatable bonds is 4. The molecular weight excluding hydrogens is 357 g/mol. The molecule has 2 fully saturated rings. The number of methoxy groups -OCH3 is 1. The normalized spacial score (nSPS) is 19.2. The van der Waals surface area contributed by atoms with Gasteiger partial charge in [0.2, 0.25) is 0 Å². The van der Waals surface area contributed by atoms with Crippen LogP contribution in [0.4, 0.5) is 21.7 Å². The Balaban J connectivity index is 0.000000399. The Morgan fingerprint density at radius 3 is 1.76 bits per heavy atom. The molecule has 0 bridgehead atoms. The van der Waals surface area contributed by atoms with Crippen molar-refractivity contribution in [2.75, 3.05) is 7.11 Å². The summed E-state index contributed by atoms with van der Waals surface area (Å²) in [5.74, 6) is 0.627. The first-order chi connectivity index (χ1) is 11.8. The average molecular weight is 382 g/mol. The van der Waals surface area contributed by atoms with E-state index in [4.69, 9.17) is 4.74 Å². The van der Waals surface area contributed by atoms with Crippen LogP contribution in [0.3, 0.4) is 0 Å². The minimum atomic E-state index is -6.00. The van der Waals surface area contributed by atoms with Gasteiger partial charge in [0.1, 0.15) is 11.1 Å². The summed E-state index contributed by atoms with van der Waals surface area (Å²) in [6.45, 7) is 0. The molecule has 8 heteroatoms. The summed E-state index contributed by atoms with van der Waals surface area (Å²) in [4.78, 5) is 0. The van der Waals surface area contributed by atoms with Gasteiger partial charge in [0.15, 0.2) is 5.75 Å². The van der Waals surface area contributed by atoms with Crippen LogP contribution in [0.1, 0.15) is 51.4 Å². The molecule has 0 aliphatic heterocycles. The summed E-state index contributed by atoms with van der Waals surface area (Å²) in [6, 6.07) is 5.25. The molecule has 0 amide bonds. The first-order valence-electron chi connectivity index (χ1n) is 8.87. The zero-order chi connectivity index (χ0) is 18.4. The quantitative estimate of drug-likeness (QED) is 0.360. The summed E-state index contributed by atoms with van der Waals surface area (Å²) >= 11 is 0.